The zero-order chi connectivity index (χ0) is 64.1. The van der Waals surface area contributed by atoms with Crippen LogP contribution in [0.4, 0.5) is 4.79 Å². The Hall–Kier alpha value is -8.34. The summed E-state index contributed by atoms with van der Waals surface area (Å²) >= 11 is 0. The van der Waals surface area contributed by atoms with Gasteiger partial charge in [0.15, 0.2) is 0 Å². The van der Waals surface area contributed by atoms with E-state index in [1.54, 1.807) is 81.4 Å². The number of aliphatic imine (C=N–C) groups is 1. The molecule has 1 saturated heterocycles. The topological polar surface area (TPSA) is 413 Å². The number of sulfonamides is 1. The van der Waals surface area contributed by atoms with Crippen LogP contribution < -0.4 is 47.8 Å². The summed E-state index contributed by atoms with van der Waals surface area (Å²) in [6, 6.07) is 2.62. The van der Waals surface area contributed by atoms with Gasteiger partial charge in [0.05, 0.1) is 11.2 Å². The normalized spacial score (nSPS) is 16.4. The number of ether oxygens (including phenoxy) is 1. The molecule has 1 aromatic heterocycles. The lowest BCUT2D eigenvalue weighted by molar-refractivity contribution is -0.146. The number of aryl methyl sites for hydroxylation is 1. The van der Waals surface area contributed by atoms with Crippen molar-refractivity contribution in [1.82, 2.24) is 57.0 Å². The number of carbonyl (C=O) groups excluding carboxylic acids is 8. The standard InChI is InChI=1S/C57H85N13O15S/c1-11-34(6)46(52(77)65-42(28-37-29-59-31-61-37)53(78)70-26-14-16-43(70)50(75)68-47(54(79)80)35(7)12-2)67-49(74)41(27-36-19-21-38(71)22-20-36)64-51(76)45(32(3)4)66-48(73)40(63-44(72)30-62-85-56(81)84-57(8,9)10)15-13-25-60-55(58)69-86(82,83)39-23-17-33(5)18-24-39/h17-24,29,31-32,34-35,40-43,45-47,62,71H,11-16,25-28,30H2,1-10H3,(H,59,61)(H,63,72)(H,64,76)(H,65,77)(H,66,73)(H,67,74)(H,68,75)(H,79,80)(H3,58,60,69)/t34-,35-,40-,41-,42-,43-,45-,46-,47-/m0/s1. The molecule has 0 bridgehead atoms. The number of carboxylic acids is 1. The first-order chi connectivity index (χ1) is 40.4. The van der Waals surface area contributed by atoms with Crippen LogP contribution in [-0.4, -0.2) is 160 Å². The third kappa shape index (κ3) is 22.3. The molecule has 29 heteroatoms. The van der Waals surface area contributed by atoms with Crippen molar-refractivity contribution < 1.29 is 71.4 Å². The largest absolute Gasteiger partial charge is 0.528 e. The quantitative estimate of drug-likeness (QED) is 0.0143. The Morgan fingerprint density at radius 3 is 1.99 bits per heavy atom. The maximum Gasteiger partial charge on any atom is 0.528 e. The number of aromatic amines is 1. The summed E-state index contributed by atoms with van der Waals surface area (Å²) in [5.74, 6) is -8.95. The number of likely N-dealkylation sites (tertiary alicyclic amines) is 1. The predicted molar refractivity (Wildman–Crippen MR) is 314 cm³/mol. The lowest BCUT2D eigenvalue weighted by atomic mass is 9.96. The highest BCUT2D eigenvalue weighted by Gasteiger charge is 2.41. The van der Waals surface area contributed by atoms with Crippen LogP contribution in [0.3, 0.4) is 0 Å². The third-order valence-electron chi connectivity index (χ3n) is 14.2. The molecule has 0 saturated carbocycles. The summed E-state index contributed by atoms with van der Waals surface area (Å²) in [6.45, 7) is 16.1. The van der Waals surface area contributed by atoms with E-state index in [1.165, 1.54) is 53.8 Å². The first kappa shape index (κ1) is 70.1. The van der Waals surface area contributed by atoms with Gasteiger partial charge >= 0.3 is 12.1 Å². The molecular weight excluding hydrogens is 1140 g/mol. The number of nitrogens with one attached hydrogen (secondary N) is 9. The zero-order valence-corrected chi connectivity index (χ0v) is 51.2. The summed E-state index contributed by atoms with van der Waals surface area (Å²) in [6.07, 6.45) is 2.70. The fourth-order valence-corrected chi connectivity index (χ4v) is 9.94. The molecule has 0 spiro atoms. The molecule has 1 fully saturated rings. The van der Waals surface area contributed by atoms with Gasteiger partial charge in [-0.05, 0) is 101 Å². The molecule has 1 aliphatic heterocycles. The molecule has 0 unspecified atom stereocenters. The van der Waals surface area contributed by atoms with Crippen molar-refractivity contribution in [3.05, 3.63) is 77.9 Å². The van der Waals surface area contributed by atoms with E-state index in [0.717, 1.165) is 5.56 Å². The Kier molecular flexibility index (Phi) is 26.8. The minimum absolute atomic E-state index is 0.0208. The number of benzene rings is 2. The SMILES string of the molecule is CC[C@H](C)[C@H](NC(=O)[C@@H]1CCCN1C(=O)[C@H](Cc1cnc[nH]1)NC(=O)[C@@H](NC(=O)[C@H](Cc1ccc(O)cc1)NC(=O)[C@@H](NC(=O)[C@H](CCCN=C(N)NS(=O)(=O)c1ccc(C)cc1)NC(=O)CNOC(=O)OC(C)(C)C)C(C)C)[C@@H](C)CC)C(=O)O. The Balaban J connectivity index is 1.59. The maximum atomic E-state index is 14.7. The number of phenols is 1. The fraction of sp³-hybridized carbons (Fsp3) is 0.561. The number of phenolic OH excluding ortho intramolecular Hbond substituents is 1. The van der Waals surface area contributed by atoms with Crippen molar-refractivity contribution in [1.29, 1.82) is 0 Å². The van der Waals surface area contributed by atoms with E-state index in [2.05, 4.69) is 57.1 Å². The number of aromatic hydroxyl groups is 1. The van der Waals surface area contributed by atoms with E-state index in [4.69, 9.17) is 15.3 Å². The Bertz CT molecular complexity index is 2940. The average molecular weight is 1220 g/mol. The summed E-state index contributed by atoms with van der Waals surface area (Å²) in [4.78, 5) is 141. The second-order valence-electron chi connectivity index (χ2n) is 22.6. The summed E-state index contributed by atoms with van der Waals surface area (Å²) in [5, 5.41) is 36.1. The van der Waals surface area contributed by atoms with Crippen LogP contribution in [0.1, 0.15) is 118 Å². The van der Waals surface area contributed by atoms with Gasteiger partial charge in [-0.3, -0.25) is 38.6 Å². The van der Waals surface area contributed by atoms with Crippen molar-refractivity contribution in [2.45, 2.75) is 173 Å². The first-order valence-electron chi connectivity index (χ1n) is 28.5. The molecule has 28 nitrogen and oxygen atoms in total. The van der Waals surface area contributed by atoms with Crippen LogP contribution in [0.25, 0.3) is 0 Å². The van der Waals surface area contributed by atoms with Crippen LogP contribution in [0.2, 0.25) is 0 Å². The summed E-state index contributed by atoms with van der Waals surface area (Å²) in [5.41, 5.74) is 8.94. The van der Waals surface area contributed by atoms with Gasteiger partial charge in [0.25, 0.3) is 10.0 Å². The number of rotatable bonds is 31. The smallest absolute Gasteiger partial charge is 0.508 e. The van der Waals surface area contributed by atoms with Gasteiger partial charge < -0.3 is 67.3 Å². The fourth-order valence-electron chi connectivity index (χ4n) is 8.98. The number of guanidine groups is 1. The van der Waals surface area contributed by atoms with Gasteiger partial charge in [-0.2, -0.15) is 0 Å². The molecule has 13 N–H and O–H groups in total. The zero-order valence-electron chi connectivity index (χ0n) is 50.4. The van der Waals surface area contributed by atoms with Crippen molar-refractivity contribution in [3.63, 3.8) is 0 Å². The van der Waals surface area contributed by atoms with E-state index in [0.29, 0.717) is 30.5 Å². The summed E-state index contributed by atoms with van der Waals surface area (Å²) < 4.78 is 33.1. The molecule has 0 aliphatic carbocycles. The van der Waals surface area contributed by atoms with Crippen molar-refractivity contribution in [3.8, 4) is 5.75 Å². The highest BCUT2D eigenvalue weighted by atomic mass is 32.2. The number of nitrogens with zero attached hydrogens (tertiary/aromatic N) is 3. The number of H-pyrrole nitrogens is 1. The molecule has 4 rings (SSSR count). The lowest BCUT2D eigenvalue weighted by Gasteiger charge is -2.32. The van der Waals surface area contributed by atoms with Gasteiger partial charge in [0.2, 0.25) is 47.3 Å². The number of imidazole rings is 1. The lowest BCUT2D eigenvalue weighted by Crippen LogP contribution is -2.62. The molecule has 474 valence electrons. The van der Waals surface area contributed by atoms with Gasteiger partial charge in [-0.15, -0.1) is 5.48 Å². The second kappa shape index (κ2) is 32.8. The summed E-state index contributed by atoms with van der Waals surface area (Å²) in [7, 11) is -4.10. The van der Waals surface area contributed by atoms with E-state index >= 15 is 0 Å². The van der Waals surface area contributed by atoms with Gasteiger partial charge in [0, 0.05) is 37.8 Å². The molecule has 1 aliphatic rings. The average Bonchev–Trinajstić information content (AvgIpc) is 4.30. The van der Waals surface area contributed by atoms with Gasteiger partial charge in [-0.25, -0.2) is 27.7 Å². The number of carbonyl (C=O) groups is 9. The Labute approximate surface area is 501 Å². The van der Waals surface area contributed by atoms with E-state index < -0.39 is 142 Å². The molecular formula is C57H85N13O15S. The Morgan fingerprint density at radius 2 is 1.40 bits per heavy atom. The number of hydroxylamine groups is 1. The predicted octanol–water partition coefficient (Wildman–Crippen LogP) is 1.47. The third-order valence-corrected chi connectivity index (χ3v) is 15.6. The highest BCUT2D eigenvalue weighted by molar-refractivity contribution is 7.90. The minimum Gasteiger partial charge on any atom is -0.508 e. The maximum absolute atomic E-state index is 14.7. The Morgan fingerprint density at radius 1 is 0.791 bits per heavy atom. The number of hydrogen-bond donors (Lipinski definition) is 12. The van der Waals surface area contributed by atoms with Crippen LogP contribution >= 0.6 is 0 Å². The van der Waals surface area contributed by atoms with Crippen molar-refractivity contribution in [2.75, 3.05) is 19.6 Å². The number of aromatic nitrogens is 2. The molecule has 0 radical (unpaired) electrons. The first-order valence-corrected chi connectivity index (χ1v) is 30.0. The molecule has 3 aromatic rings. The van der Waals surface area contributed by atoms with E-state index in [1.807, 2.05) is 0 Å². The van der Waals surface area contributed by atoms with Gasteiger partial charge in [-0.1, -0.05) is 84.2 Å². The molecule has 2 heterocycles. The minimum atomic E-state index is -4.10. The second-order valence-corrected chi connectivity index (χ2v) is 24.3. The number of hydrogen-bond acceptors (Lipinski definition) is 17. The highest BCUT2D eigenvalue weighted by Crippen LogP contribution is 2.22. The molecule has 7 amide bonds. The molecule has 2 aromatic carbocycles. The van der Waals surface area contributed by atoms with Gasteiger partial charge in [0.1, 0.15) is 60.2 Å². The molecule has 86 heavy (non-hydrogen) atoms. The number of carboxylic acid groups (broad SMARTS) is 1. The molecule has 9 atom stereocenters. The van der Waals surface area contributed by atoms with Crippen LogP contribution in [-0.2, 0) is 70.8 Å². The van der Waals surface area contributed by atoms with E-state index in [9.17, 15) is 61.8 Å². The van der Waals surface area contributed by atoms with Crippen LogP contribution in [0.5, 0.6) is 5.75 Å². The van der Waals surface area contributed by atoms with Crippen molar-refractivity contribution >= 4 is 69.5 Å². The monoisotopic (exact) mass is 1220 g/mol. The number of aliphatic carboxylic acids is 1. The van der Waals surface area contributed by atoms with Crippen molar-refractivity contribution in [2.24, 2.45) is 28.5 Å². The van der Waals surface area contributed by atoms with Crippen LogP contribution in [0, 0.1) is 24.7 Å². The number of nitrogens with two attached hydrogens (primary N) is 1. The van der Waals surface area contributed by atoms with Crippen LogP contribution in [0.15, 0.2) is 70.9 Å². The van der Waals surface area contributed by atoms with E-state index in [-0.39, 0.29) is 55.8 Å². The number of amides is 7.